The minimum atomic E-state index is -0.397. The summed E-state index contributed by atoms with van der Waals surface area (Å²) in [4.78, 5) is 13.4. The number of carbonyl (C=O) groups is 1. The summed E-state index contributed by atoms with van der Waals surface area (Å²) in [5.74, 6) is 0.323. The van der Waals surface area contributed by atoms with Crippen molar-refractivity contribution in [1.29, 1.82) is 5.26 Å². The Kier molecular flexibility index (Phi) is 6.67. The molecule has 4 nitrogen and oxygen atoms in total. The van der Waals surface area contributed by atoms with Gasteiger partial charge in [0.1, 0.15) is 17.4 Å². The van der Waals surface area contributed by atoms with Crippen LogP contribution < -0.4 is 10.1 Å². The lowest BCUT2D eigenvalue weighted by molar-refractivity contribution is -0.117. The first-order valence-corrected chi connectivity index (χ1v) is 9.01. The topological polar surface area (TPSA) is 62.1 Å². The first-order chi connectivity index (χ1) is 12.1. The molecule has 1 N–H and O–H groups in total. The molecule has 0 radical (unpaired) electrons. The van der Waals surface area contributed by atoms with Gasteiger partial charge in [-0.25, -0.2) is 0 Å². The Morgan fingerprint density at radius 2 is 2.00 bits per heavy atom. The molecule has 0 aliphatic carbocycles. The number of nitrogens with one attached hydrogen (secondary N) is 1. The summed E-state index contributed by atoms with van der Waals surface area (Å²) < 4.78 is 5.34. The standard InChI is InChI=1S/C20H20N2O2S/c1-14(16-7-5-4-6-8-16)22-20(23)17(13-21)11-15-9-10-19(25-3)18(12-15)24-2/h4-12,14H,1-3H3,(H,22,23)/b17-11-. The van der Waals surface area contributed by atoms with Gasteiger partial charge in [-0.1, -0.05) is 36.4 Å². The summed E-state index contributed by atoms with van der Waals surface area (Å²) in [7, 11) is 1.60. The van der Waals surface area contributed by atoms with Crippen LogP contribution in [0.4, 0.5) is 0 Å². The molecule has 0 heterocycles. The van der Waals surface area contributed by atoms with Crippen LogP contribution in [-0.2, 0) is 4.79 Å². The molecule has 25 heavy (non-hydrogen) atoms. The van der Waals surface area contributed by atoms with E-state index in [2.05, 4.69) is 5.32 Å². The van der Waals surface area contributed by atoms with Crippen LogP contribution in [-0.4, -0.2) is 19.3 Å². The number of nitriles is 1. The maximum atomic E-state index is 12.4. The largest absolute Gasteiger partial charge is 0.496 e. The molecule has 0 saturated heterocycles. The fourth-order valence-corrected chi connectivity index (χ4v) is 2.90. The molecule has 0 aliphatic heterocycles. The number of rotatable bonds is 6. The Bertz CT molecular complexity index is 810. The number of amides is 1. The number of ether oxygens (including phenoxy) is 1. The van der Waals surface area contributed by atoms with Crippen molar-refractivity contribution in [2.75, 3.05) is 13.4 Å². The van der Waals surface area contributed by atoms with Crippen molar-refractivity contribution in [3.05, 3.63) is 65.2 Å². The highest BCUT2D eigenvalue weighted by Crippen LogP contribution is 2.29. The maximum Gasteiger partial charge on any atom is 0.262 e. The predicted octanol–water partition coefficient (Wildman–Crippen LogP) is 4.20. The van der Waals surface area contributed by atoms with E-state index in [4.69, 9.17) is 4.74 Å². The van der Waals surface area contributed by atoms with Gasteiger partial charge < -0.3 is 10.1 Å². The van der Waals surface area contributed by atoms with E-state index < -0.39 is 5.91 Å². The van der Waals surface area contributed by atoms with Gasteiger partial charge >= 0.3 is 0 Å². The molecule has 5 heteroatoms. The van der Waals surface area contributed by atoms with Crippen molar-refractivity contribution in [2.45, 2.75) is 17.9 Å². The highest BCUT2D eigenvalue weighted by molar-refractivity contribution is 7.98. The molecule has 1 amide bonds. The van der Waals surface area contributed by atoms with E-state index in [1.165, 1.54) is 0 Å². The Morgan fingerprint density at radius 3 is 2.60 bits per heavy atom. The van der Waals surface area contributed by atoms with Crippen LogP contribution in [0, 0.1) is 11.3 Å². The van der Waals surface area contributed by atoms with E-state index in [0.29, 0.717) is 0 Å². The molecule has 0 saturated carbocycles. The molecule has 1 unspecified atom stereocenters. The highest BCUT2D eigenvalue weighted by Gasteiger charge is 2.14. The van der Waals surface area contributed by atoms with Crippen molar-refractivity contribution in [2.24, 2.45) is 0 Å². The van der Waals surface area contributed by atoms with E-state index in [0.717, 1.165) is 21.8 Å². The fourth-order valence-electron chi connectivity index (χ4n) is 2.36. The van der Waals surface area contributed by atoms with Crippen LogP contribution in [0.15, 0.2) is 59.0 Å². The molecule has 0 aromatic heterocycles. The van der Waals surface area contributed by atoms with Gasteiger partial charge in [-0.15, -0.1) is 11.8 Å². The van der Waals surface area contributed by atoms with Crippen molar-refractivity contribution in [3.8, 4) is 11.8 Å². The molecular formula is C20H20N2O2S. The highest BCUT2D eigenvalue weighted by atomic mass is 32.2. The zero-order valence-electron chi connectivity index (χ0n) is 14.4. The van der Waals surface area contributed by atoms with Gasteiger partial charge in [0.05, 0.1) is 13.2 Å². The SMILES string of the molecule is COc1cc(/C=C(/C#N)C(=O)NC(C)c2ccccc2)ccc1SC. The number of carbonyl (C=O) groups excluding carboxylic acids is 1. The number of benzene rings is 2. The Balaban J connectivity index is 2.19. The zero-order valence-corrected chi connectivity index (χ0v) is 15.3. The van der Waals surface area contributed by atoms with E-state index in [1.807, 2.05) is 67.8 Å². The van der Waals surface area contributed by atoms with Gasteiger partial charge in [-0.05, 0) is 42.5 Å². The zero-order chi connectivity index (χ0) is 18.2. The molecule has 2 aromatic carbocycles. The molecule has 2 aromatic rings. The average molecular weight is 352 g/mol. The van der Waals surface area contributed by atoms with Crippen molar-refractivity contribution >= 4 is 23.7 Å². The molecular weight excluding hydrogens is 332 g/mol. The first-order valence-electron chi connectivity index (χ1n) is 7.78. The average Bonchev–Trinajstić information content (AvgIpc) is 2.66. The predicted molar refractivity (Wildman–Crippen MR) is 101 cm³/mol. The summed E-state index contributed by atoms with van der Waals surface area (Å²) in [6.07, 6.45) is 3.53. The quantitative estimate of drug-likeness (QED) is 0.481. The van der Waals surface area contributed by atoms with Crippen LogP contribution in [0.5, 0.6) is 5.75 Å². The van der Waals surface area contributed by atoms with Gasteiger partial charge in [0, 0.05) is 4.90 Å². The fraction of sp³-hybridized carbons (Fsp3) is 0.200. The van der Waals surface area contributed by atoms with Crippen LogP contribution in [0.3, 0.4) is 0 Å². The van der Waals surface area contributed by atoms with Crippen LogP contribution in [0.2, 0.25) is 0 Å². The lowest BCUT2D eigenvalue weighted by Crippen LogP contribution is -2.27. The minimum absolute atomic E-state index is 0.0572. The second kappa shape index (κ2) is 8.95. The monoisotopic (exact) mass is 352 g/mol. The van der Waals surface area contributed by atoms with E-state index in [1.54, 1.807) is 24.9 Å². The van der Waals surface area contributed by atoms with Gasteiger partial charge in [-0.2, -0.15) is 5.26 Å². The lowest BCUT2D eigenvalue weighted by Gasteiger charge is -2.14. The third-order valence-corrected chi connectivity index (χ3v) is 4.51. The molecule has 0 bridgehead atoms. The van der Waals surface area contributed by atoms with Crippen LogP contribution >= 0.6 is 11.8 Å². The molecule has 0 spiro atoms. The molecule has 0 fully saturated rings. The summed E-state index contributed by atoms with van der Waals surface area (Å²) in [6, 6.07) is 17.0. The van der Waals surface area contributed by atoms with Gasteiger partial charge in [0.2, 0.25) is 0 Å². The number of nitrogens with zero attached hydrogens (tertiary/aromatic N) is 1. The van der Waals surface area contributed by atoms with Crippen molar-refractivity contribution in [3.63, 3.8) is 0 Å². The molecule has 128 valence electrons. The number of hydrogen-bond acceptors (Lipinski definition) is 4. The van der Waals surface area contributed by atoms with Crippen LogP contribution in [0.25, 0.3) is 6.08 Å². The Morgan fingerprint density at radius 1 is 1.28 bits per heavy atom. The number of methoxy groups -OCH3 is 1. The lowest BCUT2D eigenvalue weighted by atomic mass is 10.1. The second-order valence-electron chi connectivity index (χ2n) is 5.39. The first kappa shape index (κ1) is 18.6. The third kappa shape index (κ3) is 4.88. The second-order valence-corrected chi connectivity index (χ2v) is 6.24. The Hall–Kier alpha value is -2.71. The van der Waals surface area contributed by atoms with Crippen LogP contribution in [0.1, 0.15) is 24.1 Å². The van der Waals surface area contributed by atoms with E-state index in [-0.39, 0.29) is 11.6 Å². The van der Waals surface area contributed by atoms with Crippen molar-refractivity contribution < 1.29 is 9.53 Å². The Labute approximate surface area is 152 Å². The van der Waals surface area contributed by atoms with Gasteiger partial charge in [-0.3, -0.25) is 4.79 Å². The summed E-state index contributed by atoms with van der Waals surface area (Å²) in [5.41, 5.74) is 1.79. The van der Waals surface area contributed by atoms with E-state index >= 15 is 0 Å². The van der Waals surface area contributed by atoms with Gasteiger partial charge in [0.15, 0.2) is 0 Å². The minimum Gasteiger partial charge on any atom is -0.496 e. The van der Waals surface area contributed by atoms with Crippen molar-refractivity contribution in [1.82, 2.24) is 5.32 Å². The molecule has 0 aliphatic rings. The smallest absolute Gasteiger partial charge is 0.262 e. The summed E-state index contributed by atoms with van der Waals surface area (Å²) in [5, 5.41) is 12.2. The number of hydrogen-bond donors (Lipinski definition) is 1. The van der Waals surface area contributed by atoms with Gasteiger partial charge in [0.25, 0.3) is 5.91 Å². The molecule has 1 atom stereocenters. The maximum absolute atomic E-state index is 12.4. The molecule has 2 rings (SSSR count). The summed E-state index contributed by atoms with van der Waals surface area (Å²) >= 11 is 1.58. The van der Waals surface area contributed by atoms with E-state index in [9.17, 15) is 10.1 Å². The third-order valence-electron chi connectivity index (χ3n) is 3.73. The number of thioether (sulfide) groups is 1. The summed E-state index contributed by atoms with van der Waals surface area (Å²) in [6.45, 7) is 1.89. The normalized spacial score (nSPS) is 12.2.